The molecule has 0 saturated carbocycles. The van der Waals surface area contributed by atoms with Gasteiger partial charge in [0.1, 0.15) is 11.9 Å². The van der Waals surface area contributed by atoms with E-state index in [0.717, 1.165) is 65.9 Å². The molecule has 1 aromatic carbocycles. The van der Waals surface area contributed by atoms with Crippen LogP contribution in [0.4, 0.5) is 5.82 Å². The Morgan fingerprint density at radius 3 is 2.89 bits per heavy atom. The maximum atomic E-state index is 12.4. The Balaban J connectivity index is 1.13. The van der Waals surface area contributed by atoms with E-state index in [1.165, 1.54) is 12.0 Å². The van der Waals surface area contributed by atoms with E-state index in [1.807, 2.05) is 34.7 Å². The number of anilines is 1. The fraction of sp³-hybridized carbons (Fsp3) is 0.536. The molecule has 5 rings (SSSR count). The highest BCUT2D eigenvalue weighted by atomic mass is 16.5. The van der Waals surface area contributed by atoms with Gasteiger partial charge in [-0.1, -0.05) is 24.3 Å². The molecule has 3 aromatic rings. The summed E-state index contributed by atoms with van der Waals surface area (Å²) in [5.41, 5.74) is 4.98. The maximum absolute atomic E-state index is 12.4. The second-order valence-corrected chi connectivity index (χ2v) is 10.0. The summed E-state index contributed by atoms with van der Waals surface area (Å²) in [6, 6.07) is 9.44. The molecule has 1 saturated heterocycles. The Hall–Kier alpha value is -3.01. The first-order chi connectivity index (χ1) is 18.0. The van der Waals surface area contributed by atoms with Crippen LogP contribution in [-0.4, -0.2) is 76.8 Å². The minimum absolute atomic E-state index is 0.0623. The first kappa shape index (κ1) is 25.6. The highest BCUT2D eigenvalue weighted by Crippen LogP contribution is 2.33. The number of pyridine rings is 1. The van der Waals surface area contributed by atoms with Crippen LogP contribution >= 0.6 is 0 Å². The van der Waals surface area contributed by atoms with Crippen molar-refractivity contribution in [1.82, 2.24) is 19.7 Å². The van der Waals surface area contributed by atoms with Gasteiger partial charge >= 0.3 is 5.97 Å². The smallest absolute Gasteiger partial charge is 0.325 e. The molecule has 9 nitrogen and oxygen atoms in total. The molecule has 0 bridgehead atoms. The first-order valence-electron chi connectivity index (χ1n) is 13.3. The number of aliphatic carboxylic acids is 1. The number of hydrogen-bond donors (Lipinski definition) is 2. The molecule has 1 unspecified atom stereocenters. The molecule has 0 aliphatic carbocycles. The lowest BCUT2D eigenvalue weighted by Gasteiger charge is -2.42. The summed E-state index contributed by atoms with van der Waals surface area (Å²) in [5.74, 6) is 0.199. The number of fused-ring (bicyclic) bond motifs is 2. The Kier molecular flexibility index (Phi) is 8.02. The molecule has 4 heterocycles. The zero-order chi connectivity index (χ0) is 25.8. The zero-order valence-electron chi connectivity index (χ0n) is 21.8. The van der Waals surface area contributed by atoms with Crippen molar-refractivity contribution < 1.29 is 19.4 Å². The summed E-state index contributed by atoms with van der Waals surface area (Å²) in [6.45, 7) is 5.95. The average Bonchev–Trinajstić information content (AvgIpc) is 3.21. The van der Waals surface area contributed by atoms with Crippen molar-refractivity contribution in [3.63, 3.8) is 0 Å². The molecule has 2 aromatic heterocycles. The number of carbonyl (C=O) groups is 1. The Labute approximate surface area is 217 Å². The van der Waals surface area contributed by atoms with Gasteiger partial charge in [0, 0.05) is 50.0 Å². The summed E-state index contributed by atoms with van der Waals surface area (Å²) >= 11 is 0. The molecule has 2 N–H and O–H groups in total. The van der Waals surface area contributed by atoms with Crippen molar-refractivity contribution in [3.8, 4) is 0 Å². The number of carboxylic acids is 1. The minimum atomic E-state index is -0.852. The molecule has 37 heavy (non-hydrogen) atoms. The van der Waals surface area contributed by atoms with E-state index in [0.29, 0.717) is 32.8 Å². The van der Waals surface area contributed by atoms with E-state index in [-0.39, 0.29) is 6.10 Å². The second-order valence-electron chi connectivity index (χ2n) is 10.0. The van der Waals surface area contributed by atoms with Gasteiger partial charge in [-0.3, -0.25) is 14.4 Å². The summed E-state index contributed by atoms with van der Waals surface area (Å²) in [7, 11) is 1.65. The topological polar surface area (TPSA) is 102 Å². The van der Waals surface area contributed by atoms with Crippen LogP contribution in [0.2, 0.25) is 0 Å². The van der Waals surface area contributed by atoms with Crippen LogP contribution in [0.5, 0.6) is 0 Å². The predicted molar refractivity (Wildman–Crippen MR) is 142 cm³/mol. The lowest BCUT2D eigenvalue weighted by atomic mass is 9.97. The molecular weight excluding hydrogens is 470 g/mol. The number of aromatic nitrogens is 3. The number of para-hydroxylation sites is 1. The van der Waals surface area contributed by atoms with E-state index in [1.54, 1.807) is 7.11 Å². The van der Waals surface area contributed by atoms with Gasteiger partial charge in [0.2, 0.25) is 0 Å². The Morgan fingerprint density at radius 2 is 2.08 bits per heavy atom. The third-order valence-corrected chi connectivity index (χ3v) is 7.40. The number of likely N-dealkylation sites (tertiary alicyclic amines) is 1. The monoisotopic (exact) mass is 507 g/mol. The maximum Gasteiger partial charge on any atom is 0.325 e. The number of benzene rings is 1. The molecule has 1 fully saturated rings. The average molecular weight is 508 g/mol. The molecule has 198 valence electrons. The van der Waals surface area contributed by atoms with Crippen molar-refractivity contribution in [1.29, 1.82) is 0 Å². The molecule has 2 aliphatic heterocycles. The van der Waals surface area contributed by atoms with Crippen LogP contribution < -0.4 is 5.32 Å². The number of hydrogen-bond acceptors (Lipinski definition) is 7. The highest BCUT2D eigenvalue weighted by Gasteiger charge is 2.39. The molecule has 2 aliphatic rings. The minimum Gasteiger partial charge on any atom is -0.480 e. The van der Waals surface area contributed by atoms with Gasteiger partial charge < -0.3 is 19.9 Å². The number of methoxy groups -OCH3 is 1. The molecule has 0 radical (unpaired) electrons. The third-order valence-electron chi connectivity index (χ3n) is 7.40. The van der Waals surface area contributed by atoms with Crippen LogP contribution in [0.15, 0.2) is 30.3 Å². The Bertz CT molecular complexity index is 1240. The lowest BCUT2D eigenvalue weighted by molar-refractivity contribution is -0.150. The van der Waals surface area contributed by atoms with Crippen molar-refractivity contribution >= 4 is 22.7 Å². The van der Waals surface area contributed by atoms with E-state index in [4.69, 9.17) is 14.5 Å². The predicted octanol–water partition coefficient (Wildman–Crippen LogP) is 3.59. The molecule has 0 spiro atoms. The van der Waals surface area contributed by atoms with Gasteiger partial charge in [-0.05, 0) is 50.7 Å². The molecular formula is C28H37N5O4. The number of nitrogens with one attached hydrogen (secondary N) is 1. The third kappa shape index (κ3) is 5.63. The molecule has 1 atom stereocenters. The highest BCUT2D eigenvalue weighted by molar-refractivity contribution is 5.89. The van der Waals surface area contributed by atoms with Gasteiger partial charge in [0.25, 0.3) is 0 Å². The second kappa shape index (κ2) is 11.6. The Morgan fingerprint density at radius 1 is 1.22 bits per heavy atom. The standard InChI is InChI=1S/C28H37N5O4/c1-19-23-9-5-10-24(25(23)33(31-19)14-16-36-2)26(28(34)35)32-17-22(18-32)37-15-4-3-8-21-12-11-20-7-6-13-29-27(20)30-21/h5,9-12,22,26H,3-4,6-8,13-18H2,1-2H3,(H,29,30)(H,34,35). The normalized spacial score (nSPS) is 16.8. The number of ether oxygens (including phenoxy) is 2. The SMILES string of the molecule is COCCn1nc(C)c2cccc(C(C(=O)O)N3CC(OCCCCc4ccc5c(n4)NCCC5)C3)c21. The fourth-order valence-corrected chi connectivity index (χ4v) is 5.42. The van der Waals surface area contributed by atoms with Gasteiger partial charge in [0.05, 0.1) is 30.5 Å². The van der Waals surface area contributed by atoms with E-state index in [9.17, 15) is 9.90 Å². The summed E-state index contributed by atoms with van der Waals surface area (Å²) in [4.78, 5) is 19.1. The van der Waals surface area contributed by atoms with Crippen LogP contribution in [0.3, 0.4) is 0 Å². The van der Waals surface area contributed by atoms with Gasteiger partial charge in [-0.25, -0.2) is 4.98 Å². The van der Waals surface area contributed by atoms with Crippen molar-refractivity contribution in [2.45, 2.75) is 57.7 Å². The molecule has 0 amide bonds. The number of nitrogens with zero attached hydrogens (tertiary/aromatic N) is 4. The van der Waals surface area contributed by atoms with E-state index >= 15 is 0 Å². The van der Waals surface area contributed by atoms with Gasteiger partial charge in [-0.2, -0.15) is 5.10 Å². The lowest BCUT2D eigenvalue weighted by Crippen LogP contribution is -2.55. The van der Waals surface area contributed by atoms with Crippen LogP contribution in [0.25, 0.3) is 10.9 Å². The van der Waals surface area contributed by atoms with Crippen molar-refractivity contribution in [2.75, 3.05) is 45.3 Å². The van der Waals surface area contributed by atoms with Crippen LogP contribution in [0, 0.1) is 6.92 Å². The van der Waals surface area contributed by atoms with E-state index in [2.05, 4.69) is 22.5 Å². The number of carboxylic acid groups (broad SMARTS) is 1. The largest absolute Gasteiger partial charge is 0.480 e. The van der Waals surface area contributed by atoms with Crippen LogP contribution in [-0.2, 0) is 33.7 Å². The number of aryl methyl sites for hydroxylation is 3. The zero-order valence-corrected chi connectivity index (χ0v) is 21.8. The quantitative estimate of drug-likeness (QED) is 0.359. The van der Waals surface area contributed by atoms with Crippen molar-refractivity contribution in [2.24, 2.45) is 0 Å². The number of rotatable bonds is 12. The fourth-order valence-electron chi connectivity index (χ4n) is 5.42. The summed E-state index contributed by atoms with van der Waals surface area (Å²) < 4.78 is 13.2. The number of unbranched alkanes of at least 4 members (excludes halogenated alkanes) is 1. The van der Waals surface area contributed by atoms with Gasteiger partial charge in [0.15, 0.2) is 0 Å². The van der Waals surface area contributed by atoms with Gasteiger partial charge in [-0.15, -0.1) is 0 Å². The molecule has 9 heteroatoms. The summed E-state index contributed by atoms with van der Waals surface area (Å²) in [5, 5.41) is 19.2. The van der Waals surface area contributed by atoms with E-state index < -0.39 is 12.0 Å². The first-order valence-corrected chi connectivity index (χ1v) is 13.3. The van der Waals surface area contributed by atoms with Crippen molar-refractivity contribution in [3.05, 3.63) is 52.8 Å². The van der Waals surface area contributed by atoms with Crippen LogP contribution in [0.1, 0.15) is 47.8 Å². The summed E-state index contributed by atoms with van der Waals surface area (Å²) in [6.07, 6.45) is 5.26.